The average molecular weight is 351 g/mol. The number of nitrogens with zero attached hydrogens (tertiary/aromatic N) is 1. The third-order valence-electron chi connectivity index (χ3n) is 4.13. The zero-order chi connectivity index (χ0) is 19.2. The topological polar surface area (TPSA) is 71.1 Å². The van der Waals surface area contributed by atoms with Crippen molar-refractivity contribution in [2.75, 3.05) is 5.32 Å². The molecule has 136 valence electrons. The summed E-state index contributed by atoms with van der Waals surface area (Å²) in [6, 6.07) is 10.8. The molecule has 1 aromatic heterocycles. The van der Waals surface area contributed by atoms with Gasteiger partial charge < -0.3 is 10.6 Å². The predicted octanol–water partition coefficient (Wildman–Crippen LogP) is 3.94. The Morgan fingerprint density at radius 3 is 2.38 bits per heavy atom. The summed E-state index contributed by atoms with van der Waals surface area (Å²) in [6.07, 6.45) is 4.78. The number of carbonyl (C=O) groups is 2. The number of hydrogen-bond donors (Lipinski definition) is 2. The molecule has 5 heteroatoms. The quantitative estimate of drug-likeness (QED) is 0.802. The zero-order valence-corrected chi connectivity index (χ0v) is 15.7. The Hall–Kier alpha value is -2.95. The Bertz CT molecular complexity index is 788. The Balaban J connectivity index is 1.90. The van der Waals surface area contributed by atoms with Gasteiger partial charge in [0.25, 0.3) is 5.91 Å². The van der Waals surface area contributed by atoms with E-state index in [0.29, 0.717) is 17.8 Å². The number of anilines is 1. The maximum absolute atomic E-state index is 12.1. The van der Waals surface area contributed by atoms with E-state index in [2.05, 4.69) is 36.4 Å². The Labute approximate surface area is 154 Å². The lowest BCUT2D eigenvalue weighted by Gasteiger charge is -2.19. The number of allylic oxidation sites excluding steroid dienone is 1. The van der Waals surface area contributed by atoms with E-state index in [1.807, 2.05) is 31.2 Å². The molecule has 1 heterocycles. The molecule has 0 saturated heterocycles. The molecule has 0 fully saturated rings. The lowest BCUT2D eigenvalue weighted by Crippen LogP contribution is -2.22. The van der Waals surface area contributed by atoms with Gasteiger partial charge in [0.2, 0.25) is 5.91 Å². The van der Waals surface area contributed by atoms with Gasteiger partial charge in [-0.3, -0.25) is 14.6 Å². The van der Waals surface area contributed by atoms with Gasteiger partial charge in [0.15, 0.2) is 0 Å². The minimum absolute atomic E-state index is 0.0224. The van der Waals surface area contributed by atoms with Crippen LogP contribution in [0.2, 0.25) is 0 Å². The van der Waals surface area contributed by atoms with Crippen LogP contribution >= 0.6 is 0 Å². The maximum Gasteiger partial charge on any atom is 0.257 e. The summed E-state index contributed by atoms with van der Waals surface area (Å²) < 4.78 is 0. The van der Waals surface area contributed by atoms with Crippen molar-refractivity contribution in [3.8, 4) is 0 Å². The van der Waals surface area contributed by atoms with Gasteiger partial charge in [-0.25, -0.2) is 0 Å². The molecule has 0 aliphatic heterocycles. The average Bonchev–Trinajstić information content (AvgIpc) is 2.61. The summed E-state index contributed by atoms with van der Waals surface area (Å²) in [7, 11) is 0. The Kier molecular flexibility index (Phi) is 6.28. The number of aromatic nitrogens is 1. The molecule has 2 aromatic rings. The molecule has 2 amide bonds. The SMILES string of the molecule is C/C(=C\C(=O)NCc1ccc(NC(=O)c2cccnc2)cc1)C(C)(C)C. The Morgan fingerprint density at radius 1 is 1.12 bits per heavy atom. The normalized spacial score (nSPS) is 11.8. The standard InChI is InChI=1S/C21H25N3O2/c1-15(21(2,3)4)12-19(25)23-13-16-7-9-18(10-8-16)24-20(26)17-6-5-11-22-14-17/h5-12,14H,13H2,1-4H3,(H,23,25)(H,24,26)/b15-12+. The summed E-state index contributed by atoms with van der Waals surface area (Å²) in [5.74, 6) is -0.312. The van der Waals surface area contributed by atoms with Crippen LogP contribution < -0.4 is 10.6 Å². The molecule has 0 radical (unpaired) electrons. The fourth-order valence-corrected chi connectivity index (χ4v) is 2.06. The predicted molar refractivity (Wildman–Crippen MR) is 104 cm³/mol. The fraction of sp³-hybridized carbons (Fsp3) is 0.286. The number of nitrogens with one attached hydrogen (secondary N) is 2. The number of carbonyl (C=O) groups excluding carboxylic acids is 2. The van der Waals surface area contributed by atoms with Crippen LogP contribution in [-0.2, 0) is 11.3 Å². The third-order valence-corrected chi connectivity index (χ3v) is 4.13. The van der Waals surface area contributed by atoms with Crippen molar-refractivity contribution in [2.45, 2.75) is 34.2 Å². The van der Waals surface area contributed by atoms with Crippen LogP contribution in [0.5, 0.6) is 0 Å². The van der Waals surface area contributed by atoms with Crippen molar-refractivity contribution in [1.82, 2.24) is 10.3 Å². The van der Waals surface area contributed by atoms with Gasteiger partial charge in [-0.05, 0) is 42.2 Å². The van der Waals surface area contributed by atoms with Crippen LogP contribution in [0.3, 0.4) is 0 Å². The fourth-order valence-electron chi connectivity index (χ4n) is 2.06. The summed E-state index contributed by atoms with van der Waals surface area (Å²) in [5.41, 5.74) is 3.16. The molecule has 2 N–H and O–H groups in total. The van der Waals surface area contributed by atoms with Crippen LogP contribution in [0.1, 0.15) is 43.6 Å². The van der Waals surface area contributed by atoms with Crippen LogP contribution in [0, 0.1) is 5.41 Å². The van der Waals surface area contributed by atoms with E-state index >= 15 is 0 Å². The second-order valence-electron chi connectivity index (χ2n) is 7.19. The molecule has 0 aliphatic carbocycles. The van der Waals surface area contributed by atoms with Gasteiger partial charge in [-0.15, -0.1) is 0 Å². The van der Waals surface area contributed by atoms with E-state index < -0.39 is 0 Å². The highest BCUT2D eigenvalue weighted by molar-refractivity contribution is 6.04. The van der Waals surface area contributed by atoms with Crippen LogP contribution in [-0.4, -0.2) is 16.8 Å². The molecule has 0 saturated carbocycles. The highest BCUT2D eigenvalue weighted by Crippen LogP contribution is 2.23. The summed E-state index contributed by atoms with van der Waals surface area (Å²) in [6.45, 7) is 8.61. The molecule has 0 bridgehead atoms. The van der Waals surface area contributed by atoms with E-state index in [9.17, 15) is 9.59 Å². The molecule has 2 rings (SSSR count). The second-order valence-corrected chi connectivity index (χ2v) is 7.19. The van der Waals surface area contributed by atoms with Crippen molar-refractivity contribution >= 4 is 17.5 Å². The number of benzene rings is 1. The monoisotopic (exact) mass is 351 g/mol. The molecule has 26 heavy (non-hydrogen) atoms. The number of rotatable bonds is 5. The highest BCUT2D eigenvalue weighted by atomic mass is 16.2. The van der Waals surface area contributed by atoms with Gasteiger partial charge in [-0.2, -0.15) is 0 Å². The molecular formula is C21H25N3O2. The van der Waals surface area contributed by atoms with Gasteiger partial charge in [0.05, 0.1) is 5.56 Å². The van der Waals surface area contributed by atoms with E-state index in [1.54, 1.807) is 24.4 Å². The van der Waals surface area contributed by atoms with Crippen molar-refractivity contribution < 1.29 is 9.59 Å². The van der Waals surface area contributed by atoms with Crippen LogP contribution in [0.25, 0.3) is 0 Å². The van der Waals surface area contributed by atoms with E-state index in [4.69, 9.17) is 0 Å². The lowest BCUT2D eigenvalue weighted by atomic mass is 9.87. The Morgan fingerprint density at radius 2 is 1.81 bits per heavy atom. The molecule has 0 spiro atoms. The molecule has 0 unspecified atom stereocenters. The summed E-state index contributed by atoms with van der Waals surface area (Å²) >= 11 is 0. The number of pyridine rings is 1. The summed E-state index contributed by atoms with van der Waals surface area (Å²) in [4.78, 5) is 28.0. The first kappa shape index (κ1) is 19.4. The highest BCUT2D eigenvalue weighted by Gasteiger charge is 2.13. The van der Waals surface area contributed by atoms with Crippen molar-refractivity contribution in [1.29, 1.82) is 0 Å². The maximum atomic E-state index is 12.1. The van der Waals surface area contributed by atoms with Crippen molar-refractivity contribution in [3.05, 3.63) is 71.6 Å². The van der Waals surface area contributed by atoms with Gasteiger partial charge in [0.1, 0.15) is 0 Å². The first-order chi connectivity index (χ1) is 12.3. The van der Waals surface area contributed by atoms with E-state index in [0.717, 1.165) is 11.1 Å². The molecule has 0 atom stereocenters. The molecule has 0 aliphatic rings. The number of hydrogen-bond acceptors (Lipinski definition) is 3. The first-order valence-corrected chi connectivity index (χ1v) is 8.52. The van der Waals surface area contributed by atoms with Gasteiger partial charge in [0, 0.05) is 30.7 Å². The van der Waals surface area contributed by atoms with Crippen molar-refractivity contribution in [3.63, 3.8) is 0 Å². The van der Waals surface area contributed by atoms with E-state index in [1.165, 1.54) is 6.20 Å². The van der Waals surface area contributed by atoms with Gasteiger partial charge >= 0.3 is 0 Å². The number of amides is 2. The smallest absolute Gasteiger partial charge is 0.257 e. The largest absolute Gasteiger partial charge is 0.348 e. The van der Waals surface area contributed by atoms with Gasteiger partial charge in [-0.1, -0.05) is 38.5 Å². The minimum atomic E-state index is -0.207. The first-order valence-electron chi connectivity index (χ1n) is 8.52. The lowest BCUT2D eigenvalue weighted by molar-refractivity contribution is -0.116. The van der Waals surface area contributed by atoms with Crippen molar-refractivity contribution in [2.24, 2.45) is 5.41 Å². The second kappa shape index (κ2) is 8.43. The zero-order valence-electron chi connectivity index (χ0n) is 15.7. The molecule has 1 aromatic carbocycles. The van der Waals surface area contributed by atoms with E-state index in [-0.39, 0.29) is 17.2 Å². The van der Waals surface area contributed by atoms with Crippen LogP contribution in [0.15, 0.2) is 60.4 Å². The molecular weight excluding hydrogens is 326 g/mol. The molecule has 5 nitrogen and oxygen atoms in total. The summed E-state index contributed by atoms with van der Waals surface area (Å²) in [5, 5.41) is 5.69. The van der Waals surface area contributed by atoms with Crippen LogP contribution in [0.4, 0.5) is 5.69 Å². The third kappa shape index (κ3) is 5.84. The minimum Gasteiger partial charge on any atom is -0.348 e.